The molecule has 0 aliphatic rings. The van der Waals surface area contributed by atoms with Crippen molar-refractivity contribution < 1.29 is 25.8 Å². The highest BCUT2D eigenvalue weighted by atomic mass is 32.2. The third-order valence-electron chi connectivity index (χ3n) is 1.31. The first-order valence-electron chi connectivity index (χ1n) is 3.29. The molecule has 7 heteroatoms. The summed E-state index contributed by atoms with van der Waals surface area (Å²) in [6.45, 7) is 0.476. The molecule has 0 fully saturated rings. The Hall–Kier alpha value is -1.08. The lowest BCUT2D eigenvalue weighted by Crippen LogP contribution is -1.96. The molecule has 0 atom stereocenters. The zero-order valence-corrected chi connectivity index (χ0v) is 7.43. The number of halogens is 3. The highest BCUT2D eigenvalue weighted by molar-refractivity contribution is 7.67. The lowest BCUT2D eigenvalue weighted by atomic mass is 10.2. The first-order chi connectivity index (χ1) is 6.50. The van der Waals surface area contributed by atoms with Crippen LogP contribution in [0.5, 0.6) is 0 Å². The second kappa shape index (κ2) is 4.43. The predicted molar refractivity (Wildman–Crippen MR) is 41.1 cm³/mol. The van der Waals surface area contributed by atoms with Crippen LogP contribution in [0.2, 0.25) is 0 Å². The van der Waals surface area contributed by atoms with Crippen molar-refractivity contribution in [1.82, 2.24) is 0 Å². The molecule has 3 nitrogen and oxygen atoms in total. The largest absolute Gasteiger partial charge is 0.261 e. The van der Waals surface area contributed by atoms with Crippen LogP contribution in [0.4, 0.5) is 13.2 Å². The standard InChI is InChI=1S/C7H4F3O3S/c8-5-2-7(10)6(9)1-4(5)3-13-14(11)12/h1-3,14H. The maximum atomic E-state index is 12.8. The molecule has 0 spiro atoms. The third-order valence-corrected chi connectivity index (χ3v) is 1.58. The van der Waals surface area contributed by atoms with Gasteiger partial charge in [0.05, 0.1) is 0 Å². The quantitative estimate of drug-likeness (QED) is 0.620. The minimum atomic E-state index is -3.19. The van der Waals surface area contributed by atoms with E-state index in [2.05, 4.69) is 4.18 Å². The summed E-state index contributed by atoms with van der Waals surface area (Å²) in [7, 11) is -3.19. The molecular weight excluding hydrogens is 221 g/mol. The fourth-order valence-corrected chi connectivity index (χ4v) is 0.928. The molecule has 0 aliphatic heterocycles. The number of thiol groups is 1. The molecule has 1 radical (unpaired) electrons. The summed E-state index contributed by atoms with van der Waals surface area (Å²) in [4.78, 5) is 0. The molecule has 0 saturated heterocycles. The van der Waals surface area contributed by atoms with Gasteiger partial charge in [0.15, 0.2) is 11.6 Å². The number of hydrogen-bond acceptors (Lipinski definition) is 3. The van der Waals surface area contributed by atoms with Gasteiger partial charge in [-0.15, -0.1) is 0 Å². The molecule has 0 aromatic heterocycles. The Kier molecular flexibility index (Phi) is 3.48. The van der Waals surface area contributed by atoms with E-state index in [0.717, 1.165) is 0 Å². The Morgan fingerprint density at radius 3 is 2.21 bits per heavy atom. The summed E-state index contributed by atoms with van der Waals surface area (Å²) < 4.78 is 61.4. The van der Waals surface area contributed by atoms with Crippen LogP contribution in [0.1, 0.15) is 5.56 Å². The number of rotatable bonds is 3. The van der Waals surface area contributed by atoms with Gasteiger partial charge >= 0.3 is 0 Å². The zero-order valence-electron chi connectivity index (χ0n) is 6.54. The van der Waals surface area contributed by atoms with Crippen LogP contribution in [0.25, 0.3) is 0 Å². The molecule has 1 aromatic rings. The molecule has 0 N–H and O–H groups in total. The Labute approximate surface area is 79.3 Å². The Morgan fingerprint density at radius 1 is 1.07 bits per heavy atom. The van der Waals surface area contributed by atoms with Crippen LogP contribution in [-0.2, 0) is 15.2 Å². The average molecular weight is 225 g/mol. The van der Waals surface area contributed by atoms with Gasteiger partial charge in [-0.1, -0.05) is 0 Å². The summed E-state index contributed by atoms with van der Waals surface area (Å²) >= 11 is 0. The molecule has 1 rings (SSSR count). The van der Waals surface area contributed by atoms with Gasteiger partial charge in [0, 0.05) is 11.6 Å². The van der Waals surface area contributed by atoms with Gasteiger partial charge in [0.1, 0.15) is 12.4 Å². The molecule has 14 heavy (non-hydrogen) atoms. The van der Waals surface area contributed by atoms with E-state index >= 15 is 0 Å². The van der Waals surface area contributed by atoms with Crippen LogP contribution in [-0.4, -0.2) is 8.42 Å². The second-order valence-corrected chi connectivity index (χ2v) is 2.89. The minimum Gasteiger partial charge on any atom is -0.261 e. The fourth-order valence-electron chi connectivity index (χ4n) is 0.728. The van der Waals surface area contributed by atoms with Crippen molar-refractivity contribution in [2.75, 3.05) is 0 Å². The van der Waals surface area contributed by atoms with Gasteiger partial charge in [0.2, 0.25) is 0 Å². The van der Waals surface area contributed by atoms with Gasteiger partial charge in [-0.05, 0) is 6.07 Å². The highest BCUT2D eigenvalue weighted by Crippen LogP contribution is 2.15. The topological polar surface area (TPSA) is 43.4 Å². The van der Waals surface area contributed by atoms with Crippen molar-refractivity contribution in [3.05, 3.63) is 41.8 Å². The van der Waals surface area contributed by atoms with E-state index in [-0.39, 0.29) is 0 Å². The third kappa shape index (κ3) is 2.71. The van der Waals surface area contributed by atoms with E-state index in [1.807, 2.05) is 0 Å². The number of hydrogen-bond donors (Lipinski definition) is 1. The number of benzene rings is 1. The lowest BCUT2D eigenvalue weighted by Gasteiger charge is -2.00. The summed E-state index contributed by atoms with van der Waals surface area (Å²) in [5, 5.41) is 0. The monoisotopic (exact) mass is 225 g/mol. The van der Waals surface area contributed by atoms with Gasteiger partial charge in [0.25, 0.3) is 11.0 Å². The summed E-state index contributed by atoms with van der Waals surface area (Å²) in [6, 6.07) is 0.784. The van der Waals surface area contributed by atoms with Crippen molar-refractivity contribution in [1.29, 1.82) is 0 Å². The Bertz CT molecular complexity index is 409. The maximum Gasteiger partial charge on any atom is 0.257 e. The Balaban J connectivity index is 2.92. The second-order valence-electron chi connectivity index (χ2n) is 2.23. The van der Waals surface area contributed by atoms with Crippen LogP contribution < -0.4 is 0 Å². The van der Waals surface area contributed by atoms with Crippen molar-refractivity contribution in [3.63, 3.8) is 0 Å². The summed E-state index contributed by atoms with van der Waals surface area (Å²) in [6.07, 6.45) is 0. The van der Waals surface area contributed by atoms with E-state index < -0.39 is 34.0 Å². The van der Waals surface area contributed by atoms with Gasteiger partial charge in [-0.3, -0.25) is 4.18 Å². The molecule has 77 valence electrons. The van der Waals surface area contributed by atoms with E-state index in [1.165, 1.54) is 0 Å². The van der Waals surface area contributed by atoms with E-state index in [9.17, 15) is 21.6 Å². The van der Waals surface area contributed by atoms with E-state index in [0.29, 0.717) is 18.7 Å². The molecule has 0 aliphatic carbocycles. The fraction of sp³-hybridized carbons (Fsp3) is 0. The lowest BCUT2D eigenvalue weighted by molar-refractivity contribution is 0.419. The maximum absolute atomic E-state index is 12.8. The first-order valence-corrected chi connectivity index (χ1v) is 4.39. The molecule has 1 aromatic carbocycles. The zero-order chi connectivity index (χ0) is 10.7. The minimum absolute atomic E-state index is 0.294. The van der Waals surface area contributed by atoms with E-state index in [4.69, 9.17) is 0 Å². The van der Waals surface area contributed by atoms with Crippen LogP contribution in [0.3, 0.4) is 0 Å². The van der Waals surface area contributed by atoms with Gasteiger partial charge < -0.3 is 0 Å². The molecule has 0 bridgehead atoms. The first kappa shape index (κ1) is 11.0. The smallest absolute Gasteiger partial charge is 0.257 e. The van der Waals surface area contributed by atoms with Crippen molar-refractivity contribution in [3.8, 4) is 0 Å². The van der Waals surface area contributed by atoms with E-state index in [1.54, 1.807) is 0 Å². The van der Waals surface area contributed by atoms with Crippen molar-refractivity contribution in [2.24, 2.45) is 0 Å². The molecule has 0 saturated carbocycles. The summed E-state index contributed by atoms with van der Waals surface area (Å²) in [5.74, 6) is -3.76. The Morgan fingerprint density at radius 2 is 1.64 bits per heavy atom. The van der Waals surface area contributed by atoms with Gasteiger partial charge in [-0.2, -0.15) is 0 Å². The normalized spacial score (nSPS) is 10.9. The molecule has 0 amide bonds. The van der Waals surface area contributed by atoms with Crippen molar-refractivity contribution in [2.45, 2.75) is 0 Å². The van der Waals surface area contributed by atoms with Crippen LogP contribution in [0.15, 0.2) is 12.1 Å². The molecular formula is C7H4F3O3S. The SMILES string of the molecule is O=[SH](=O)O[CH]c1cc(F)c(F)cc1F. The molecule has 0 heterocycles. The van der Waals surface area contributed by atoms with Crippen molar-refractivity contribution >= 4 is 11.0 Å². The van der Waals surface area contributed by atoms with Gasteiger partial charge in [-0.25, -0.2) is 21.6 Å². The van der Waals surface area contributed by atoms with Crippen LogP contribution in [0, 0.1) is 24.1 Å². The molecule has 0 unspecified atom stereocenters. The highest BCUT2D eigenvalue weighted by Gasteiger charge is 2.10. The average Bonchev–Trinajstić information content (AvgIpc) is 2.09. The predicted octanol–water partition coefficient (Wildman–Crippen LogP) is 1.16. The summed E-state index contributed by atoms with van der Waals surface area (Å²) in [5.41, 5.74) is -0.483. The van der Waals surface area contributed by atoms with Crippen LogP contribution >= 0.6 is 0 Å².